The topological polar surface area (TPSA) is 40.6 Å². The van der Waals surface area contributed by atoms with Gasteiger partial charge in [0.1, 0.15) is 0 Å². The number of carbonyl (C=O) groups is 2. The summed E-state index contributed by atoms with van der Waals surface area (Å²) < 4.78 is 0. The molecule has 0 radical (unpaired) electrons. The van der Waals surface area contributed by atoms with Crippen LogP contribution in [0.4, 0.5) is 10.5 Å². The van der Waals surface area contributed by atoms with Crippen LogP contribution in [0.25, 0.3) is 6.08 Å². The first-order valence-electron chi connectivity index (χ1n) is 10.8. The number of aryl methyl sites for hydroxylation is 2. The van der Waals surface area contributed by atoms with Crippen molar-refractivity contribution in [1.29, 1.82) is 0 Å². The van der Waals surface area contributed by atoms with E-state index in [1.165, 1.54) is 16.2 Å². The van der Waals surface area contributed by atoms with Gasteiger partial charge in [-0.2, -0.15) is 0 Å². The molecule has 1 fully saturated rings. The van der Waals surface area contributed by atoms with Gasteiger partial charge in [-0.1, -0.05) is 36.8 Å². The predicted molar refractivity (Wildman–Crippen MR) is 129 cm³/mol. The van der Waals surface area contributed by atoms with E-state index in [9.17, 15) is 9.59 Å². The molecule has 0 bridgehead atoms. The lowest BCUT2D eigenvalue weighted by Crippen LogP contribution is -2.45. The largest absolute Gasteiger partial charge is 0.369 e. The first kappa shape index (κ1) is 21.7. The summed E-state index contributed by atoms with van der Waals surface area (Å²) in [5.41, 5.74) is 6.88. The van der Waals surface area contributed by atoms with Crippen LogP contribution >= 0.6 is 11.8 Å². The van der Waals surface area contributed by atoms with Gasteiger partial charge in [-0.05, 0) is 92.3 Å². The zero-order valence-corrected chi connectivity index (χ0v) is 20.0. The monoisotopic (exact) mass is 434 g/mol. The molecule has 2 aromatic carbocycles. The number of hydrogen-bond acceptors (Lipinski definition) is 4. The normalized spacial score (nSPS) is 21.7. The van der Waals surface area contributed by atoms with E-state index < -0.39 is 0 Å². The molecule has 1 saturated heterocycles. The van der Waals surface area contributed by atoms with E-state index in [0.717, 1.165) is 40.4 Å². The predicted octanol–water partition coefficient (Wildman–Crippen LogP) is 6.26. The van der Waals surface area contributed by atoms with Gasteiger partial charge >= 0.3 is 0 Å². The van der Waals surface area contributed by atoms with Crippen LogP contribution in [0.15, 0.2) is 41.3 Å². The van der Waals surface area contributed by atoms with Crippen LogP contribution in [0.3, 0.4) is 0 Å². The van der Waals surface area contributed by atoms with Crippen molar-refractivity contribution in [2.45, 2.75) is 59.0 Å². The van der Waals surface area contributed by atoms with Crippen molar-refractivity contribution >= 4 is 34.7 Å². The lowest BCUT2D eigenvalue weighted by atomic mass is 9.79. The van der Waals surface area contributed by atoms with Crippen LogP contribution in [0.1, 0.15) is 60.9 Å². The number of carbonyl (C=O) groups excluding carboxylic acids is 2. The Bertz CT molecular complexity index is 1100. The number of benzene rings is 2. The number of rotatable bonds is 3. The number of thioether (sulfide) groups is 1. The molecule has 162 valence electrons. The van der Waals surface area contributed by atoms with Crippen LogP contribution in [0.5, 0.6) is 0 Å². The van der Waals surface area contributed by atoms with Crippen molar-refractivity contribution in [3.63, 3.8) is 0 Å². The van der Waals surface area contributed by atoms with Gasteiger partial charge in [0.05, 0.1) is 11.4 Å². The van der Waals surface area contributed by atoms with Gasteiger partial charge < -0.3 is 4.90 Å². The summed E-state index contributed by atoms with van der Waals surface area (Å²) in [5.74, 6) is 0.227. The van der Waals surface area contributed by atoms with Crippen molar-refractivity contribution in [2.24, 2.45) is 0 Å². The van der Waals surface area contributed by atoms with E-state index in [1.807, 2.05) is 37.3 Å². The maximum atomic E-state index is 13.0. The highest BCUT2D eigenvalue weighted by atomic mass is 32.2. The fourth-order valence-electron chi connectivity index (χ4n) is 4.66. The summed E-state index contributed by atoms with van der Waals surface area (Å²) in [6, 6.07) is 12.4. The number of amides is 2. The molecule has 2 heterocycles. The Kier molecular flexibility index (Phi) is 5.50. The van der Waals surface area contributed by atoms with Crippen LogP contribution in [0.2, 0.25) is 0 Å². The third-order valence-electron chi connectivity index (χ3n) is 6.60. The van der Waals surface area contributed by atoms with Gasteiger partial charge in [-0.25, -0.2) is 0 Å². The smallest absolute Gasteiger partial charge is 0.293 e. The molecule has 1 unspecified atom stereocenters. The fraction of sp³-hybridized carbons (Fsp3) is 0.385. The summed E-state index contributed by atoms with van der Waals surface area (Å²) in [6.45, 7) is 11.2. The Morgan fingerprint density at radius 1 is 1.16 bits per heavy atom. The molecule has 2 amide bonds. The first-order chi connectivity index (χ1) is 14.6. The maximum absolute atomic E-state index is 13.0. The third kappa shape index (κ3) is 4.03. The number of hydrogen-bond donors (Lipinski definition) is 0. The average Bonchev–Trinajstić information content (AvgIpc) is 2.94. The standard InChI is InChI=1S/C26H30N2O2S/c1-16-8-7-9-19(10-16)15-28-24(29)23(31-25(28)30)13-20-12-21-18(3)14-26(4,5)27(6)22(21)11-17(20)2/h7-13,18H,14-15H2,1-6H3/b23-13+. The van der Waals surface area contributed by atoms with Crippen molar-refractivity contribution in [1.82, 2.24) is 4.90 Å². The summed E-state index contributed by atoms with van der Waals surface area (Å²) in [7, 11) is 2.15. The third-order valence-corrected chi connectivity index (χ3v) is 7.51. The zero-order valence-electron chi connectivity index (χ0n) is 19.2. The van der Waals surface area contributed by atoms with Crippen LogP contribution in [-0.2, 0) is 11.3 Å². The van der Waals surface area contributed by atoms with Gasteiger partial charge in [0, 0.05) is 18.3 Å². The molecular formula is C26H30N2O2S. The second-order valence-corrected chi connectivity index (χ2v) is 10.5. The van der Waals surface area contributed by atoms with Crippen LogP contribution in [0, 0.1) is 13.8 Å². The van der Waals surface area contributed by atoms with Crippen LogP contribution < -0.4 is 4.90 Å². The van der Waals surface area contributed by atoms with Gasteiger partial charge in [0.15, 0.2) is 0 Å². The van der Waals surface area contributed by atoms with Gasteiger partial charge in [-0.3, -0.25) is 14.5 Å². The minimum absolute atomic E-state index is 0.110. The van der Waals surface area contributed by atoms with Crippen molar-refractivity contribution in [2.75, 3.05) is 11.9 Å². The first-order valence-corrected chi connectivity index (χ1v) is 11.6. The molecule has 1 atom stereocenters. The summed E-state index contributed by atoms with van der Waals surface area (Å²) in [4.78, 5) is 29.8. The van der Waals surface area contributed by atoms with Gasteiger partial charge in [0.25, 0.3) is 11.1 Å². The number of anilines is 1. The molecule has 0 saturated carbocycles. The van der Waals surface area contributed by atoms with E-state index in [2.05, 4.69) is 51.8 Å². The molecular weight excluding hydrogens is 404 g/mol. The number of nitrogens with zero attached hydrogens (tertiary/aromatic N) is 2. The number of imide groups is 1. The van der Waals surface area contributed by atoms with Crippen LogP contribution in [-0.4, -0.2) is 28.6 Å². The Morgan fingerprint density at radius 3 is 2.61 bits per heavy atom. The molecule has 2 aliphatic heterocycles. The van der Waals surface area contributed by atoms with Gasteiger partial charge in [0.2, 0.25) is 0 Å². The molecule has 2 aromatic rings. The fourth-order valence-corrected chi connectivity index (χ4v) is 5.49. The Labute approximate surface area is 189 Å². The quantitative estimate of drug-likeness (QED) is 0.535. The number of fused-ring (bicyclic) bond motifs is 1. The van der Waals surface area contributed by atoms with E-state index >= 15 is 0 Å². The summed E-state index contributed by atoms with van der Waals surface area (Å²) in [6.07, 6.45) is 2.97. The van der Waals surface area contributed by atoms with Crippen molar-refractivity contribution in [3.8, 4) is 0 Å². The molecule has 31 heavy (non-hydrogen) atoms. The molecule has 0 N–H and O–H groups in total. The Morgan fingerprint density at radius 2 is 1.90 bits per heavy atom. The molecule has 4 rings (SSSR count). The molecule has 5 heteroatoms. The van der Waals surface area contributed by atoms with E-state index in [-0.39, 0.29) is 16.7 Å². The second kappa shape index (κ2) is 7.86. The van der Waals surface area contributed by atoms with E-state index in [0.29, 0.717) is 17.4 Å². The van der Waals surface area contributed by atoms with Crippen molar-refractivity contribution in [3.05, 3.63) is 69.1 Å². The Balaban J connectivity index is 1.64. The molecule has 2 aliphatic rings. The zero-order chi connectivity index (χ0) is 22.5. The van der Waals surface area contributed by atoms with Gasteiger partial charge in [-0.15, -0.1) is 0 Å². The summed E-state index contributed by atoms with van der Waals surface area (Å²) in [5, 5.41) is -0.205. The van der Waals surface area contributed by atoms with E-state index in [1.54, 1.807) is 0 Å². The highest BCUT2D eigenvalue weighted by molar-refractivity contribution is 8.18. The maximum Gasteiger partial charge on any atom is 0.293 e. The summed E-state index contributed by atoms with van der Waals surface area (Å²) >= 11 is 1.04. The van der Waals surface area contributed by atoms with Crippen molar-refractivity contribution < 1.29 is 9.59 Å². The molecule has 4 nitrogen and oxygen atoms in total. The minimum Gasteiger partial charge on any atom is -0.369 e. The highest BCUT2D eigenvalue weighted by Gasteiger charge is 2.36. The average molecular weight is 435 g/mol. The Hall–Kier alpha value is -2.53. The second-order valence-electron chi connectivity index (χ2n) is 9.50. The highest BCUT2D eigenvalue weighted by Crippen LogP contribution is 2.44. The minimum atomic E-state index is -0.208. The molecule has 0 aromatic heterocycles. The van der Waals surface area contributed by atoms with E-state index in [4.69, 9.17) is 0 Å². The lowest BCUT2D eigenvalue weighted by molar-refractivity contribution is -0.123. The molecule has 0 spiro atoms. The molecule has 0 aliphatic carbocycles. The SMILES string of the molecule is Cc1cccc(CN2C(=O)S/C(=C/c3cc4c(cc3C)N(C)C(C)(C)CC4C)C2=O)c1. The lowest BCUT2D eigenvalue weighted by Gasteiger charge is -2.45.